The third kappa shape index (κ3) is 1.58. The average molecular weight is 226 g/mol. The van der Waals surface area contributed by atoms with E-state index < -0.39 is 11.2 Å². The summed E-state index contributed by atoms with van der Waals surface area (Å²) >= 11 is 0. The van der Waals surface area contributed by atoms with Gasteiger partial charge in [-0.05, 0) is 6.42 Å². The van der Waals surface area contributed by atoms with Crippen LogP contribution in [-0.4, -0.2) is 34.5 Å². The molecule has 0 aromatic carbocycles. The van der Waals surface area contributed by atoms with Gasteiger partial charge in [0, 0.05) is 20.2 Å². The molecule has 0 aliphatic carbocycles. The molecule has 2 rings (SSSR count). The van der Waals surface area contributed by atoms with Crippen LogP contribution >= 0.6 is 0 Å². The van der Waals surface area contributed by atoms with Crippen LogP contribution in [0.1, 0.15) is 6.42 Å². The molecule has 1 aromatic rings. The molecule has 0 saturated carbocycles. The van der Waals surface area contributed by atoms with E-state index in [9.17, 15) is 9.59 Å². The van der Waals surface area contributed by atoms with Gasteiger partial charge >= 0.3 is 5.69 Å². The van der Waals surface area contributed by atoms with Gasteiger partial charge in [-0.2, -0.15) is 0 Å². The highest BCUT2D eigenvalue weighted by atomic mass is 16.3. The van der Waals surface area contributed by atoms with Crippen LogP contribution in [0.25, 0.3) is 0 Å². The lowest BCUT2D eigenvalue weighted by molar-refractivity contribution is 0.289. The lowest BCUT2D eigenvalue weighted by Crippen LogP contribution is -2.32. The van der Waals surface area contributed by atoms with Gasteiger partial charge in [0.1, 0.15) is 11.5 Å². The number of aromatic amines is 1. The summed E-state index contributed by atoms with van der Waals surface area (Å²) in [4.78, 5) is 27.0. The van der Waals surface area contributed by atoms with Crippen molar-refractivity contribution in [3.8, 4) is 0 Å². The molecule has 0 saturated heterocycles. The van der Waals surface area contributed by atoms with Crippen LogP contribution in [-0.2, 0) is 7.05 Å². The topological polar surface area (TPSA) is 90.4 Å². The van der Waals surface area contributed by atoms with Crippen molar-refractivity contribution in [2.45, 2.75) is 6.42 Å². The smallest absolute Gasteiger partial charge is 0.329 e. The number of hydrogen-bond donors (Lipinski definition) is 3. The first kappa shape index (κ1) is 10.7. The maximum Gasteiger partial charge on any atom is 0.329 e. The van der Waals surface area contributed by atoms with Crippen molar-refractivity contribution in [2.24, 2.45) is 7.05 Å². The molecule has 0 amide bonds. The van der Waals surface area contributed by atoms with Crippen molar-refractivity contribution in [3.05, 3.63) is 20.8 Å². The van der Waals surface area contributed by atoms with Crippen LogP contribution in [0.15, 0.2) is 9.59 Å². The van der Waals surface area contributed by atoms with Crippen LogP contribution in [0.3, 0.4) is 0 Å². The Morgan fingerprint density at radius 2 is 2.19 bits per heavy atom. The fraction of sp³-hybridized carbons (Fsp3) is 0.556. The number of fused-ring (bicyclic) bond motifs is 1. The minimum absolute atomic E-state index is 0.0863. The predicted molar refractivity (Wildman–Crippen MR) is 59.8 cm³/mol. The van der Waals surface area contributed by atoms with Crippen LogP contribution in [0.5, 0.6) is 0 Å². The summed E-state index contributed by atoms with van der Waals surface area (Å²) in [6.45, 7) is 1.17. The minimum atomic E-state index is -0.429. The zero-order valence-electron chi connectivity index (χ0n) is 8.99. The molecule has 1 aliphatic heterocycles. The third-order valence-electron chi connectivity index (χ3n) is 2.63. The van der Waals surface area contributed by atoms with E-state index in [1.807, 2.05) is 4.90 Å². The molecule has 16 heavy (non-hydrogen) atoms. The molecule has 88 valence electrons. The van der Waals surface area contributed by atoms with Crippen molar-refractivity contribution in [2.75, 3.05) is 30.0 Å². The Morgan fingerprint density at radius 3 is 2.88 bits per heavy atom. The summed E-state index contributed by atoms with van der Waals surface area (Å²) in [5.41, 5.74) is -0.411. The number of H-pyrrole nitrogens is 1. The fourth-order valence-electron chi connectivity index (χ4n) is 1.83. The SMILES string of the molecule is Cn1c2c(c(=O)[nH]c1=O)NCN2CCCO. The molecule has 0 spiro atoms. The van der Waals surface area contributed by atoms with E-state index in [2.05, 4.69) is 10.3 Å². The summed E-state index contributed by atoms with van der Waals surface area (Å²) in [5, 5.41) is 11.7. The summed E-state index contributed by atoms with van der Waals surface area (Å²) in [6, 6.07) is 0. The van der Waals surface area contributed by atoms with Gasteiger partial charge in [0.25, 0.3) is 5.56 Å². The predicted octanol–water partition coefficient (Wildman–Crippen LogP) is -1.35. The molecule has 2 heterocycles. The summed E-state index contributed by atoms with van der Waals surface area (Å²) < 4.78 is 1.40. The van der Waals surface area contributed by atoms with E-state index in [1.165, 1.54) is 4.57 Å². The monoisotopic (exact) mass is 226 g/mol. The number of anilines is 2. The van der Waals surface area contributed by atoms with Gasteiger partial charge < -0.3 is 15.3 Å². The van der Waals surface area contributed by atoms with Gasteiger partial charge in [-0.25, -0.2) is 4.79 Å². The van der Waals surface area contributed by atoms with Gasteiger partial charge in [-0.3, -0.25) is 14.3 Å². The minimum Gasteiger partial charge on any atom is -0.396 e. The summed E-state index contributed by atoms with van der Waals surface area (Å²) in [5.74, 6) is 0.585. The third-order valence-corrected chi connectivity index (χ3v) is 2.63. The van der Waals surface area contributed by atoms with Crippen molar-refractivity contribution >= 4 is 11.5 Å². The quantitative estimate of drug-likeness (QED) is 0.592. The molecule has 0 radical (unpaired) electrons. The lowest BCUT2D eigenvalue weighted by Gasteiger charge is -2.18. The number of nitrogens with one attached hydrogen (secondary N) is 2. The summed E-state index contributed by atoms with van der Waals surface area (Å²) in [6.07, 6.45) is 0.599. The van der Waals surface area contributed by atoms with E-state index in [0.29, 0.717) is 31.1 Å². The fourth-order valence-corrected chi connectivity index (χ4v) is 1.83. The highest BCUT2D eigenvalue weighted by molar-refractivity contribution is 5.69. The van der Waals surface area contributed by atoms with Gasteiger partial charge in [0.05, 0.1) is 6.67 Å². The highest BCUT2D eigenvalue weighted by Crippen LogP contribution is 2.24. The van der Waals surface area contributed by atoms with Crippen molar-refractivity contribution in [1.82, 2.24) is 9.55 Å². The second kappa shape index (κ2) is 4.01. The first-order valence-corrected chi connectivity index (χ1v) is 5.08. The van der Waals surface area contributed by atoms with E-state index in [4.69, 9.17) is 5.11 Å². The molecule has 0 unspecified atom stereocenters. The molecule has 0 fully saturated rings. The second-order valence-electron chi connectivity index (χ2n) is 3.69. The van der Waals surface area contributed by atoms with E-state index in [1.54, 1.807) is 7.05 Å². The van der Waals surface area contributed by atoms with Crippen molar-refractivity contribution in [1.29, 1.82) is 0 Å². The normalized spacial score (nSPS) is 13.8. The van der Waals surface area contributed by atoms with E-state index >= 15 is 0 Å². The second-order valence-corrected chi connectivity index (χ2v) is 3.69. The largest absolute Gasteiger partial charge is 0.396 e. The van der Waals surface area contributed by atoms with Gasteiger partial charge in [0.2, 0.25) is 0 Å². The van der Waals surface area contributed by atoms with Crippen molar-refractivity contribution in [3.63, 3.8) is 0 Å². The number of rotatable bonds is 3. The van der Waals surface area contributed by atoms with Crippen LogP contribution in [0.4, 0.5) is 11.5 Å². The number of aliphatic hydroxyl groups is 1. The first-order valence-electron chi connectivity index (χ1n) is 5.08. The Bertz CT molecular complexity index is 504. The molecule has 1 aliphatic rings. The Hall–Kier alpha value is -1.76. The van der Waals surface area contributed by atoms with Gasteiger partial charge in [-0.1, -0.05) is 0 Å². The molecular formula is C9H14N4O3. The van der Waals surface area contributed by atoms with Crippen LogP contribution in [0, 0.1) is 0 Å². The molecule has 0 atom stereocenters. The van der Waals surface area contributed by atoms with Gasteiger partial charge in [0.15, 0.2) is 0 Å². The Balaban J connectivity index is 2.45. The van der Waals surface area contributed by atoms with Crippen LogP contribution < -0.4 is 21.5 Å². The Morgan fingerprint density at radius 1 is 1.44 bits per heavy atom. The van der Waals surface area contributed by atoms with Gasteiger partial charge in [-0.15, -0.1) is 0 Å². The number of nitrogens with zero attached hydrogens (tertiary/aromatic N) is 2. The molecule has 7 nitrogen and oxygen atoms in total. The molecule has 3 N–H and O–H groups in total. The Labute approximate surface area is 91.3 Å². The number of hydrogen-bond acceptors (Lipinski definition) is 5. The maximum absolute atomic E-state index is 11.5. The molecular weight excluding hydrogens is 212 g/mol. The standard InChI is InChI=1S/C9H14N4O3/c1-12-8-6(7(15)11-9(12)16)10-5-13(8)3-2-4-14/h10,14H,2-5H2,1H3,(H,11,15,16). The lowest BCUT2D eigenvalue weighted by atomic mass is 10.4. The zero-order valence-corrected chi connectivity index (χ0v) is 8.99. The average Bonchev–Trinajstić information content (AvgIpc) is 2.67. The van der Waals surface area contributed by atoms with Crippen molar-refractivity contribution < 1.29 is 5.11 Å². The molecule has 7 heteroatoms. The van der Waals surface area contributed by atoms with Crippen LogP contribution in [0.2, 0.25) is 0 Å². The highest BCUT2D eigenvalue weighted by Gasteiger charge is 2.24. The van der Waals surface area contributed by atoms with E-state index in [-0.39, 0.29) is 6.61 Å². The number of aliphatic hydroxyl groups excluding tert-OH is 1. The maximum atomic E-state index is 11.5. The zero-order chi connectivity index (χ0) is 11.7. The Kier molecular flexibility index (Phi) is 2.69. The molecule has 0 bridgehead atoms. The first-order chi connectivity index (χ1) is 7.65. The van der Waals surface area contributed by atoms with E-state index in [0.717, 1.165) is 0 Å². The molecule has 1 aromatic heterocycles. The number of aromatic nitrogens is 2. The summed E-state index contributed by atoms with van der Waals surface area (Å²) in [7, 11) is 1.61.